The van der Waals surface area contributed by atoms with Crippen LogP contribution in [0.15, 0.2) is 24.3 Å². The second-order valence-corrected chi connectivity index (χ2v) is 7.46. The van der Waals surface area contributed by atoms with E-state index in [0.29, 0.717) is 36.1 Å². The summed E-state index contributed by atoms with van der Waals surface area (Å²) in [6, 6.07) is 7.13. The number of hydrogen-bond acceptors (Lipinski definition) is 5. The van der Waals surface area contributed by atoms with Crippen molar-refractivity contribution >= 4 is 29.1 Å². The summed E-state index contributed by atoms with van der Waals surface area (Å²) in [4.78, 5) is 28.0. The molecule has 2 aromatic rings. The Labute approximate surface area is 169 Å². The number of aromatic nitrogens is 2. The Kier molecular flexibility index (Phi) is 5.28. The van der Waals surface area contributed by atoms with Crippen LogP contribution in [0.5, 0.6) is 5.75 Å². The Balaban J connectivity index is 1.34. The van der Waals surface area contributed by atoms with Crippen molar-refractivity contribution in [3.8, 4) is 5.75 Å². The van der Waals surface area contributed by atoms with Crippen LogP contribution in [-0.2, 0) is 4.79 Å². The fraction of sp³-hybridized carbons (Fsp3) is 0.450. The van der Waals surface area contributed by atoms with Gasteiger partial charge in [-0.1, -0.05) is 0 Å². The number of rotatable bonds is 5. The highest BCUT2D eigenvalue weighted by molar-refractivity contribution is 5.94. The first-order chi connectivity index (χ1) is 14.0. The number of amides is 3. The molecule has 2 fully saturated rings. The molecule has 4 rings (SSSR count). The molecule has 2 aliphatic rings. The lowest BCUT2D eigenvalue weighted by Crippen LogP contribution is -2.50. The number of carbonyl (C=O) groups excluding carboxylic acids is 2. The van der Waals surface area contributed by atoms with Crippen molar-refractivity contribution in [3.63, 3.8) is 0 Å². The minimum atomic E-state index is -0.203. The number of methoxy groups -OCH3 is 1. The van der Waals surface area contributed by atoms with E-state index in [0.717, 1.165) is 18.9 Å². The van der Waals surface area contributed by atoms with Crippen molar-refractivity contribution in [2.75, 3.05) is 48.8 Å². The average Bonchev–Trinajstić information content (AvgIpc) is 3.44. The van der Waals surface area contributed by atoms with Gasteiger partial charge < -0.3 is 25.2 Å². The van der Waals surface area contributed by atoms with Gasteiger partial charge in [0.2, 0.25) is 5.91 Å². The molecule has 1 aliphatic carbocycles. The molecule has 0 unspecified atom stereocenters. The van der Waals surface area contributed by atoms with Crippen LogP contribution in [0.4, 0.5) is 22.0 Å². The molecule has 0 spiro atoms. The molecule has 2 heterocycles. The van der Waals surface area contributed by atoms with E-state index in [4.69, 9.17) is 4.74 Å². The molecule has 9 nitrogen and oxygen atoms in total. The standard InChI is InChI=1S/C20H26N6O3/c1-13(27)21-17-11-15(5-6-18(17)29-2)22-20(28)26-9-7-25(8-10-26)19-12-16(23-24-19)14-3-4-14/h5-6,11-12,14H,3-4,7-10H2,1-2H3,(H,21,27)(H,22,28)(H,23,24). The summed E-state index contributed by atoms with van der Waals surface area (Å²) in [5, 5.41) is 13.2. The molecule has 1 saturated carbocycles. The Morgan fingerprint density at radius 2 is 1.90 bits per heavy atom. The second kappa shape index (κ2) is 8.02. The number of aromatic amines is 1. The maximum atomic E-state index is 12.7. The molecule has 0 atom stereocenters. The highest BCUT2D eigenvalue weighted by atomic mass is 16.5. The van der Waals surface area contributed by atoms with Crippen molar-refractivity contribution in [2.45, 2.75) is 25.7 Å². The Morgan fingerprint density at radius 3 is 2.55 bits per heavy atom. The van der Waals surface area contributed by atoms with Gasteiger partial charge in [0.25, 0.3) is 0 Å². The highest BCUT2D eigenvalue weighted by Gasteiger charge is 2.28. The van der Waals surface area contributed by atoms with Gasteiger partial charge in [0, 0.05) is 56.5 Å². The van der Waals surface area contributed by atoms with E-state index in [1.807, 2.05) is 0 Å². The number of nitrogens with zero attached hydrogens (tertiary/aromatic N) is 3. The fourth-order valence-electron chi connectivity index (χ4n) is 3.51. The van der Waals surface area contributed by atoms with Crippen LogP contribution in [0.2, 0.25) is 0 Å². The van der Waals surface area contributed by atoms with E-state index in [-0.39, 0.29) is 11.9 Å². The van der Waals surface area contributed by atoms with Gasteiger partial charge in [0.05, 0.1) is 12.8 Å². The van der Waals surface area contributed by atoms with Gasteiger partial charge in [-0.15, -0.1) is 0 Å². The van der Waals surface area contributed by atoms with Gasteiger partial charge in [-0.2, -0.15) is 5.10 Å². The summed E-state index contributed by atoms with van der Waals surface area (Å²) in [6.45, 7) is 4.14. The highest BCUT2D eigenvalue weighted by Crippen LogP contribution is 2.39. The Morgan fingerprint density at radius 1 is 1.14 bits per heavy atom. The smallest absolute Gasteiger partial charge is 0.321 e. The molecular weight excluding hydrogens is 372 g/mol. The lowest BCUT2D eigenvalue weighted by molar-refractivity contribution is -0.114. The van der Waals surface area contributed by atoms with Gasteiger partial charge >= 0.3 is 6.03 Å². The van der Waals surface area contributed by atoms with Crippen molar-refractivity contribution in [1.82, 2.24) is 15.1 Å². The van der Waals surface area contributed by atoms with Gasteiger partial charge in [0.15, 0.2) is 5.82 Å². The van der Waals surface area contributed by atoms with Crippen LogP contribution in [0.3, 0.4) is 0 Å². The topological polar surface area (TPSA) is 103 Å². The lowest BCUT2D eigenvalue weighted by Gasteiger charge is -2.34. The number of benzene rings is 1. The number of hydrogen-bond donors (Lipinski definition) is 3. The van der Waals surface area contributed by atoms with Crippen LogP contribution < -0.4 is 20.3 Å². The molecule has 0 radical (unpaired) electrons. The van der Waals surface area contributed by atoms with Crippen LogP contribution in [0.25, 0.3) is 0 Å². The van der Waals surface area contributed by atoms with Gasteiger partial charge in [-0.25, -0.2) is 4.79 Å². The third-order valence-electron chi connectivity index (χ3n) is 5.25. The first-order valence-electron chi connectivity index (χ1n) is 9.85. The number of nitrogens with one attached hydrogen (secondary N) is 3. The van der Waals surface area contributed by atoms with Gasteiger partial charge in [-0.3, -0.25) is 9.89 Å². The van der Waals surface area contributed by atoms with E-state index < -0.39 is 0 Å². The number of urea groups is 1. The number of carbonyl (C=O) groups is 2. The van der Waals surface area contributed by atoms with Crippen molar-refractivity contribution in [3.05, 3.63) is 30.0 Å². The largest absolute Gasteiger partial charge is 0.495 e. The third-order valence-corrected chi connectivity index (χ3v) is 5.25. The minimum Gasteiger partial charge on any atom is -0.495 e. The zero-order chi connectivity index (χ0) is 20.4. The van der Waals surface area contributed by atoms with Crippen LogP contribution in [0, 0.1) is 0 Å². The number of H-pyrrole nitrogens is 1. The zero-order valence-corrected chi connectivity index (χ0v) is 16.7. The molecule has 1 aromatic heterocycles. The summed E-state index contributed by atoms with van der Waals surface area (Å²) in [5.74, 6) is 1.94. The number of ether oxygens (including phenoxy) is 1. The lowest BCUT2D eigenvalue weighted by atomic mass is 10.2. The SMILES string of the molecule is COc1ccc(NC(=O)N2CCN(c3cc(C4CC4)[nH]n3)CC2)cc1NC(C)=O. The predicted octanol–water partition coefficient (Wildman–Crippen LogP) is 2.61. The van der Waals surface area contributed by atoms with E-state index in [2.05, 4.69) is 31.8 Å². The summed E-state index contributed by atoms with van der Waals surface area (Å²) in [6.07, 6.45) is 2.48. The molecule has 3 amide bonds. The monoisotopic (exact) mass is 398 g/mol. The normalized spacial score (nSPS) is 16.5. The summed E-state index contributed by atoms with van der Waals surface area (Å²) >= 11 is 0. The van der Waals surface area contributed by atoms with Crippen molar-refractivity contribution in [2.24, 2.45) is 0 Å². The van der Waals surface area contributed by atoms with Crippen LogP contribution in [-0.4, -0.2) is 60.3 Å². The summed E-state index contributed by atoms with van der Waals surface area (Å²) in [5.41, 5.74) is 2.34. The summed E-state index contributed by atoms with van der Waals surface area (Å²) < 4.78 is 5.24. The average molecular weight is 398 g/mol. The first-order valence-corrected chi connectivity index (χ1v) is 9.85. The second-order valence-electron chi connectivity index (χ2n) is 7.46. The zero-order valence-electron chi connectivity index (χ0n) is 16.7. The molecule has 1 aliphatic heterocycles. The molecule has 3 N–H and O–H groups in total. The van der Waals surface area contributed by atoms with Crippen LogP contribution in [0.1, 0.15) is 31.4 Å². The maximum Gasteiger partial charge on any atom is 0.321 e. The Bertz CT molecular complexity index is 899. The predicted molar refractivity (Wildman–Crippen MR) is 111 cm³/mol. The molecule has 9 heteroatoms. The fourth-order valence-corrected chi connectivity index (χ4v) is 3.51. The first kappa shape index (κ1) is 19.1. The molecule has 0 bridgehead atoms. The quantitative estimate of drug-likeness (QED) is 0.718. The number of piperazine rings is 1. The molecule has 154 valence electrons. The molecule has 1 aromatic carbocycles. The maximum absolute atomic E-state index is 12.7. The van der Waals surface area contributed by atoms with Gasteiger partial charge in [0.1, 0.15) is 5.75 Å². The third kappa shape index (κ3) is 4.44. The molecular formula is C20H26N6O3. The van der Waals surface area contributed by atoms with E-state index in [9.17, 15) is 9.59 Å². The Hall–Kier alpha value is -3.23. The number of anilines is 3. The van der Waals surface area contributed by atoms with Gasteiger partial charge in [-0.05, 0) is 31.0 Å². The van der Waals surface area contributed by atoms with E-state index in [1.54, 1.807) is 23.1 Å². The van der Waals surface area contributed by atoms with E-state index >= 15 is 0 Å². The van der Waals surface area contributed by atoms with Crippen molar-refractivity contribution in [1.29, 1.82) is 0 Å². The van der Waals surface area contributed by atoms with Crippen LogP contribution >= 0.6 is 0 Å². The molecule has 29 heavy (non-hydrogen) atoms. The van der Waals surface area contributed by atoms with Crippen molar-refractivity contribution < 1.29 is 14.3 Å². The minimum absolute atomic E-state index is 0.163. The molecule has 1 saturated heterocycles. The van der Waals surface area contributed by atoms with E-state index in [1.165, 1.54) is 32.6 Å². The summed E-state index contributed by atoms with van der Waals surface area (Å²) in [7, 11) is 1.53.